The summed E-state index contributed by atoms with van der Waals surface area (Å²) in [5.74, 6) is -0.897. The zero-order valence-electron chi connectivity index (χ0n) is 10.0. The number of aliphatic hydroxyl groups excluding tert-OH is 1. The second kappa shape index (κ2) is 5.22. The van der Waals surface area contributed by atoms with Crippen molar-refractivity contribution < 1.29 is 14.6 Å². The third kappa shape index (κ3) is 2.54. The molecule has 7 heteroatoms. The fourth-order valence-corrected chi connectivity index (χ4v) is 3.21. The van der Waals surface area contributed by atoms with Gasteiger partial charge >= 0.3 is 0 Å². The van der Waals surface area contributed by atoms with Gasteiger partial charge in [-0.25, -0.2) is 4.98 Å². The van der Waals surface area contributed by atoms with Crippen LogP contribution in [0.25, 0.3) is 0 Å². The lowest BCUT2D eigenvalue weighted by atomic mass is 10.2. The van der Waals surface area contributed by atoms with E-state index in [2.05, 4.69) is 4.98 Å². The predicted molar refractivity (Wildman–Crippen MR) is 71.1 cm³/mol. The van der Waals surface area contributed by atoms with Crippen LogP contribution in [0.5, 0.6) is 0 Å². The van der Waals surface area contributed by atoms with Crippen molar-refractivity contribution in [3.05, 3.63) is 40.1 Å². The Morgan fingerprint density at radius 1 is 1.58 bits per heavy atom. The molecule has 2 aromatic heterocycles. The van der Waals surface area contributed by atoms with Crippen molar-refractivity contribution >= 4 is 22.9 Å². The van der Waals surface area contributed by atoms with Crippen LogP contribution in [0.2, 0.25) is 4.34 Å². The largest absolute Gasteiger partial charge is 0.394 e. The van der Waals surface area contributed by atoms with Crippen LogP contribution in [0.4, 0.5) is 0 Å². The fourth-order valence-electron chi connectivity index (χ4n) is 2.08. The van der Waals surface area contributed by atoms with Crippen molar-refractivity contribution in [1.82, 2.24) is 9.55 Å². The lowest BCUT2D eigenvalue weighted by Crippen LogP contribution is -2.32. The van der Waals surface area contributed by atoms with Crippen molar-refractivity contribution in [3.63, 3.8) is 0 Å². The molecule has 2 atom stereocenters. The summed E-state index contributed by atoms with van der Waals surface area (Å²) in [4.78, 5) is 4.90. The van der Waals surface area contributed by atoms with E-state index < -0.39 is 5.79 Å². The quantitative estimate of drug-likeness (QED) is 0.936. The highest BCUT2D eigenvalue weighted by molar-refractivity contribution is 7.16. The van der Waals surface area contributed by atoms with E-state index in [1.54, 1.807) is 12.5 Å². The van der Waals surface area contributed by atoms with Crippen LogP contribution in [-0.4, -0.2) is 34.0 Å². The molecule has 0 saturated carbocycles. The van der Waals surface area contributed by atoms with E-state index in [9.17, 15) is 5.11 Å². The van der Waals surface area contributed by atoms with Gasteiger partial charge in [-0.05, 0) is 12.1 Å². The number of ether oxygens (including phenoxy) is 2. The van der Waals surface area contributed by atoms with Crippen LogP contribution >= 0.6 is 22.9 Å². The minimum Gasteiger partial charge on any atom is -0.394 e. The van der Waals surface area contributed by atoms with Gasteiger partial charge in [0, 0.05) is 12.4 Å². The smallest absolute Gasteiger partial charge is 0.223 e. The number of halogens is 1. The summed E-state index contributed by atoms with van der Waals surface area (Å²) < 4.78 is 14.3. The minimum atomic E-state index is -0.897. The number of imidazole rings is 1. The summed E-state index contributed by atoms with van der Waals surface area (Å²) in [6, 6.07) is 3.71. The molecule has 3 heterocycles. The Balaban J connectivity index is 1.92. The van der Waals surface area contributed by atoms with Gasteiger partial charge in [0.1, 0.15) is 6.10 Å². The van der Waals surface area contributed by atoms with Crippen molar-refractivity contribution in [1.29, 1.82) is 0 Å². The highest BCUT2D eigenvalue weighted by atomic mass is 35.5. The molecular weight excluding hydrogens is 288 g/mol. The van der Waals surface area contributed by atoms with E-state index >= 15 is 0 Å². The molecule has 1 saturated heterocycles. The van der Waals surface area contributed by atoms with Crippen LogP contribution in [-0.2, 0) is 21.8 Å². The molecule has 3 rings (SSSR count). The first-order valence-corrected chi connectivity index (χ1v) is 7.05. The Morgan fingerprint density at radius 3 is 3.05 bits per heavy atom. The first-order chi connectivity index (χ1) is 9.22. The number of rotatable bonds is 4. The molecule has 1 aliphatic rings. The molecule has 19 heavy (non-hydrogen) atoms. The molecule has 0 aliphatic carbocycles. The maximum atomic E-state index is 9.23. The van der Waals surface area contributed by atoms with Crippen molar-refractivity contribution in [3.8, 4) is 0 Å². The van der Waals surface area contributed by atoms with Crippen LogP contribution in [0.1, 0.15) is 4.88 Å². The van der Waals surface area contributed by atoms with E-state index in [1.165, 1.54) is 11.3 Å². The molecule has 2 aromatic rings. The Bertz CT molecular complexity index is 545. The fraction of sp³-hybridized carbons (Fsp3) is 0.417. The van der Waals surface area contributed by atoms with Gasteiger partial charge in [-0.1, -0.05) is 11.6 Å². The van der Waals surface area contributed by atoms with E-state index in [-0.39, 0.29) is 12.7 Å². The molecule has 1 fully saturated rings. The van der Waals surface area contributed by atoms with E-state index in [1.807, 2.05) is 22.9 Å². The predicted octanol–water partition coefficient (Wildman–Crippen LogP) is 1.86. The van der Waals surface area contributed by atoms with Gasteiger partial charge in [0.25, 0.3) is 0 Å². The molecule has 1 N–H and O–H groups in total. The normalized spacial score (nSPS) is 26.9. The van der Waals surface area contributed by atoms with Crippen molar-refractivity contribution in [2.75, 3.05) is 13.2 Å². The Hall–Kier alpha value is -0.920. The topological polar surface area (TPSA) is 56.5 Å². The molecule has 102 valence electrons. The molecule has 2 unspecified atom stereocenters. The Morgan fingerprint density at radius 2 is 2.47 bits per heavy atom. The lowest BCUT2D eigenvalue weighted by Gasteiger charge is -2.27. The molecule has 0 bridgehead atoms. The first-order valence-electron chi connectivity index (χ1n) is 5.86. The van der Waals surface area contributed by atoms with Gasteiger partial charge < -0.3 is 19.1 Å². The summed E-state index contributed by atoms with van der Waals surface area (Å²) in [5.41, 5.74) is 0. The molecule has 0 radical (unpaired) electrons. The minimum absolute atomic E-state index is 0.0647. The maximum Gasteiger partial charge on any atom is 0.223 e. The zero-order valence-corrected chi connectivity index (χ0v) is 11.6. The van der Waals surface area contributed by atoms with Gasteiger partial charge in [0.2, 0.25) is 5.79 Å². The number of thiophene rings is 1. The van der Waals surface area contributed by atoms with Gasteiger partial charge in [-0.15, -0.1) is 11.3 Å². The van der Waals surface area contributed by atoms with E-state index in [0.717, 1.165) is 4.88 Å². The van der Waals surface area contributed by atoms with Crippen molar-refractivity contribution in [2.24, 2.45) is 0 Å². The highest BCUT2D eigenvalue weighted by Gasteiger charge is 2.44. The summed E-state index contributed by atoms with van der Waals surface area (Å²) in [5, 5.41) is 9.23. The number of hydrogen-bond donors (Lipinski definition) is 1. The highest BCUT2D eigenvalue weighted by Crippen LogP contribution is 2.40. The maximum absolute atomic E-state index is 9.23. The first kappa shape index (κ1) is 13.1. The second-order valence-corrected chi connectivity index (χ2v) is 6.04. The van der Waals surface area contributed by atoms with Gasteiger partial charge in [0.05, 0.1) is 35.3 Å². The summed E-state index contributed by atoms with van der Waals surface area (Å²) >= 11 is 7.41. The molecular formula is C12H13ClN2O3S. The van der Waals surface area contributed by atoms with Gasteiger partial charge in [0.15, 0.2) is 0 Å². The number of aromatic nitrogens is 2. The summed E-state index contributed by atoms with van der Waals surface area (Å²) in [6.07, 6.45) is 4.93. The van der Waals surface area contributed by atoms with Crippen LogP contribution in [0, 0.1) is 0 Å². The Kier molecular flexibility index (Phi) is 3.60. The molecule has 1 aliphatic heterocycles. The Labute approximate surface area is 119 Å². The third-order valence-corrected chi connectivity index (χ3v) is 4.32. The van der Waals surface area contributed by atoms with Gasteiger partial charge in [-0.3, -0.25) is 0 Å². The molecule has 0 aromatic carbocycles. The average Bonchev–Trinajstić information content (AvgIpc) is 3.10. The number of nitrogens with zero attached hydrogens (tertiary/aromatic N) is 2. The van der Waals surface area contributed by atoms with Gasteiger partial charge in [-0.2, -0.15) is 0 Å². The van der Waals surface area contributed by atoms with Crippen LogP contribution < -0.4 is 0 Å². The second-order valence-electron chi connectivity index (χ2n) is 4.33. The van der Waals surface area contributed by atoms with E-state index in [4.69, 9.17) is 21.1 Å². The van der Waals surface area contributed by atoms with Crippen LogP contribution in [0.3, 0.4) is 0 Å². The molecule has 0 amide bonds. The standard InChI is InChI=1S/C12H13ClN2O3S/c13-11-2-1-10(19-11)12(7-15-4-3-14-8-15)17-6-9(5-16)18-12/h1-4,8-9,16H,5-7H2. The summed E-state index contributed by atoms with van der Waals surface area (Å²) in [6.45, 7) is 0.770. The lowest BCUT2D eigenvalue weighted by molar-refractivity contribution is -0.187. The number of aliphatic hydroxyl groups is 1. The SMILES string of the molecule is OCC1COC(Cn2ccnc2)(c2ccc(Cl)s2)O1. The third-order valence-electron chi connectivity index (χ3n) is 2.96. The number of hydrogen-bond acceptors (Lipinski definition) is 5. The molecule has 0 spiro atoms. The monoisotopic (exact) mass is 300 g/mol. The van der Waals surface area contributed by atoms with Crippen LogP contribution in [0.15, 0.2) is 30.9 Å². The average molecular weight is 301 g/mol. The van der Waals surface area contributed by atoms with E-state index in [0.29, 0.717) is 17.5 Å². The summed E-state index contributed by atoms with van der Waals surface area (Å²) in [7, 11) is 0. The zero-order chi connectivity index (χ0) is 13.3. The van der Waals surface area contributed by atoms with Crippen molar-refractivity contribution in [2.45, 2.75) is 18.4 Å². The molecule has 5 nitrogen and oxygen atoms in total.